The van der Waals surface area contributed by atoms with E-state index in [4.69, 9.17) is 0 Å². The van der Waals surface area contributed by atoms with Crippen molar-refractivity contribution in [3.8, 4) is 6.07 Å². The van der Waals surface area contributed by atoms with Crippen molar-refractivity contribution in [1.29, 1.82) is 5.26 Å². The van der Waals surface area contributed by atoms with Crippen molar-refractivity contribution in [1.82, 2.24) is 14.1 Å². The van der Waals surface area contributed by atoms with Crippen molar-refractivity contribution in [3.05, 3.63) is 50.3 Å². The normalized spacial score (nSPS) is 14.9. The Kier molecular flexibility index (Phi) is 4.89. The van der Waals surface area contributed by atoms with Crippen LogP contribution in [0.15, 0.2) is 27.9 Å². The van der Waals surface area contributed by atoms with E-state index in [2.05, 4.69) is 4.98 Å². The summed E-state index contributed by atoms with van der Waals surface area (Å²) in [5.41, 5.74) is -2.15. The number of halogens is 3. The SMILES string of the molecule is Cn1c(N2CCN(c3cc(C(F)(F)F)ccn3)CC2)c(C#N)c(=O)n(C)c1=O. The van der Waals surface area contributed by atoms with Gasteiger partial charge in [-0.3, -0.25) is 13.9 Å². The Bertz CT molecular complexity index is 1060. The molecule has 0 bridgehead atoms. The van der Waals surface area contributed by atoms with E-state index in [1.165, 1.54) is 18.7 Å². The first-order chi connectivity index (χ1) is 13.1. The second kappa shape index (κ2) is 7.03. The fourth-order valence-electron chi connectivity index (χ4n) is 3.22. The van der Waals surface area contributed by atoms with Gasteiger partial charge in [-0.2, -0.15) is 18.4 Å². The number of pyridine rings is 1. The van der Waals surface area contributed by atoms with Gasteiger partial charge in [0, 0.05) is 46.5 Å². The molecule has 0 aromatic carbocycles. The molecule has 0 radical (unpaired) electrons. The van der Waals surface area contributed by atoms with Crippen LogP contribution in [0.25, 0.3) is 0 Å². The number of piperazine rings is 1. The van der Waals surface area contributed by atoms with Gasteiger partial charge in [-0.25, -0.2) is 9.78 Å². The molecule has 1 aliphatic heterocycles. The topological polar surface area (TPSA) is 87.2 Å². The third-order valence-corrected chi connectivity index (χ3v) is 4.72. The fraction of sp³-hybridized carbons (Fsp3) is 0.412. The summed E-state index contributed by atoms with van der Waals surface area (Å²) in [6, 6.07) is 3.75. The van der Waals surface area contributed by atoms with Crippen molar-refractivity contribution in [2.24, 2.45) is 14.1 Å². The maximum atomic E-state index is 12.9. The lowest BCUT2D eigenvalue weighted by Gasteiger charge is -2.37. The minimum absolute atomic E-state index is 0.143. The molecule has 28 heavy (non-hydrogen) atoms. The average molecular weight is 394 g/mol. The van der Waals surface area contributed by atoms with E-state index < -0.39 is 23.0 Å². The zero-order valence-corrected chi connectivity index (χ0v) is 15.2. The Balaban J connectivity index is 1.87. The minimum Gasteiger partial charge on any atom is -0.353 e. The number of alkyl halides is 3. The molecule has 0 amide bonds. The zero-order chi connectivity index (χ0) is 20.6. The molecule has 0 saturated carbocycles. The first-order valence-corrected chi connectivity index (χ1v) is 8.38. The molecule has 2 aromatic rings. The highest BCUT2D eigenvalue weighted by atomic mass is 19.4. The van der Waals surface area contributed by atoms with E-state index in [1.54, 1.807) is 9.80 Å². The largest absolute Gasteiger partial charge is 0.416 e. The molecular weight excluding hydrogens is 377 g/mol. The van der Waals surface area contributed by atoms with Gasteiger partial charge in [0.1, 0.15) is 17.7 Å². The first-order valence-electron chi connectivity index (χ1n) is 8.38. The molecule has 11 heteroatoms. The molecule has 148 valence electrons. The van der Waals surface area contributed by atoms with Crippen molar-refractivity contribution in [2.45, 2.75) is 6.18 Å². The van der Waals surface area contributed by atoms with Crippen LogP contribution in [0.1, 0.15) is 11.1 Å². The lowest BCUT2D eigenvalue weighted by atomic mass is 10.2. The summed E-state index contributed by atoms with van der Waals surface area (Å²) < 4.78 is 40.8. The second-order valence-electron chi connectivity index (χ2n) is 6.39. The summed E-state index contributed by atoms with van der Waals surface area (Å²) in [4.78, 5) is 31.8. The molecule has 0 aliphatic carbocycles. The van der Waals surface area contributed by atoms with E-state index in [0.29, 0.717) is 26.2 Å². The number of hydrogen-bond donors (Lipinski definition) is 0. The van der Waals surface area contributed by atoms with E-state index in [-0.39, 0.29) is 17.2 Å². The van der Waals surface area contributed by atoms with Crippen LogP contribution in [0.4, 0.5) is 24.8 Å². The molecule has 3 rings (SSSR count). The lowest BCUT2D eigenvalue weighted by Crippen LogP contribution is -2.50. The van der Waals surface area contributed by atoms with Gasteiger partial charge in [0.15, 0.2) is 5.56 Å². The second-order valence-corrected chi connectivity index (χ2v) is 6.39. The van der Waals surface area contributed by atoms with Crippen LogP contribution in [-0.4, -0.2) is 40.3 Å². The van der Waals surface area contributed by atoms with E-state index in [1.807, 2.05) is 6.07 Å². The van der Waals surface area contributed by atoms with Crippen LogP contribution in [0, 0.1) is 11.3 Å². The minimum atomic E-state index is -4.45. The highest BCUT2D eigenvalue weighted by molar-refractivity contribution is 5.55. The van der Waals surface area contributed by atoms with Gasteiger partial charge in [0.2, 0.25) is 0 Å². The Hall–Kier alpha value is -3.29. The van der Waals surface area contributed by atoms with E-state index in [9.17, 15) is 28.0 Å². The Morgan fingerprint density at radius 3 is 2.25 bits per heavy atom. The van der Waals surface area contributed by atoms with E-state index >= 15 is 0 Å². The van der Waals surface area contributed by atoms with Crippen LogP contribution in [0.3, 0.4) is 0 Å². The Morgan fingerprint density at radius 1 is 1.07 bits per heavy atom. The van der Waals surface area contributed by atoms with Crippen LogP contribution in [-0.2, 0) is 20.3 Å². The predicted octanol–water partition coefficient (Wildman–Crippen LogP) is 0.696. The maximum absolute atomic E-state index is 12.9. The highest BCUT2D eigenvalue weighted by Gasteiger charge is 2.32. The zero-order valence-electron chi connectivity index (χ0n) is 15.2. The van der Waals surface area contributed by atoms with Gasteiger partial charge in [-0.05, 0) is 12.1 Å². The molecule has 0 spiro atoms. The van der Waals surface area contributed by atoms with Gasteiger partial charge in [-0.1, -0.05) is 0 Å². The number of anilines is 2. The van der Waals surface area contributed by atoms with Crippen molar-refractivity contribution >= 4 is 11.6 Å². The number of nitriles is 1. The Labute approximate surface area is 157 Å². The van der Waals surface area contributed by atoms with Crippen LogP contribution in [0.2, 0.25) is 0 Å². The van der Waals surface area contributed by atoms with Crippen LogP contribution in [0.5, 0.6) is 0 Å². The summed E-state index contributed by atoms with van der Waals surface area (Å²) >= 11 is 0. The first kappa shape index (κ1) is 19.5. The summed E-state index contributed by atoms with van der Waals surface area (Å²) in [5.74, 6) is 0.417. The lowest BCUT2D eigenvalue weighted by molar-refractivity contribution is -0.137. The van der Waals surface area contributed by atoms with Crippen molar-refractivity contribution in [3.63, 3.8) is 0 Å². The predicted molar refractivity (Wildman–Crippen MR) is 95.3 cm³/mol. The summed E-state index contributed by atoms with van der Waals surface area (Å²) in [6.07, 6.45) is -3.34. The van der Waals surface area contributed by atoms with Crippen LogP contribution >= 0.6 is 0 Å². The summed E-state index contributed by atoms with van der Waals surface area (Å²) in [6.45, 7) is 1.27. The third-order valence-electron chi connectivity index (χ3n) is 4.72. The summed E-state index contributed by atoms with van der Waals surface area (Å²) in [5, 5.41) is 9.37. The number of aromatic nitrogens is 3. The molecular formula is C17H17F3N6O2. The van der Waals surface area contributed by atoms with E-state index in [0.717, 1.165) is 22.9 Å². The van der Waals surface area contributed by atoms with Gasteiger partial charge in [0.05, 0.1) is 5.56 Å². The van der Waals surface area contributed by atoms with Crippen molar-refractivity contribution < 1.29 is 13.2 Å². The number of nitrogens with zero attached hydrogens (tertiary/aromatic N) is 6. The van der Waals surface area contributed by atoms with Crippen LogP contribution < -0.4 is 21.0 Å². The quantitative estimate of drug-likeness (QED) is 0.745. The number of rotatable bonds is 2. The molecule has 0 N–H and O–H groups in total. The smallest absolute Gasteiger partial charge is 0.353 e. The average Bonchev–Trinajstić information content (AvgIpc) is 2.68. The molecule has 1 saturated heterocycles. The molecule has 0 unspecified atom stereocenters. The molecule has 8 nitrogen and oxygen atoms in total. The summed E-state index contributed by atoms with van der Waals surface area (Å²) in [7, 11) is 2.77. The van der Waals surface area contributed by atoms with Crippen molar-refractivity contribution in [2.75, 3.05) is 36.0 Å². The third kappa shape index (κ3) is 3.33. The molecule has 1 aliphatic rings. The molecule has 0 atom stereocenters. The van der Waals surface area contributed by atoms with Gasteiger partial charge < -0.3 is 9.80 Å². The number of hydrogen-bond acceptors (Lipinski definition) is 6. The standard InChI is InChI=1S/C17H17F3N6O2/c1-23-14(12(10-21)15(27)24(2)16(23)28)26-7-5-25(6-8-26)13-9-11(3-4-22-13)17(18,19)20/h3-4,9H,5-8H2,1-2H3. The monoisotopic (exact) mass is 394 g/mol. The van der Waals surface area contributed by atoms with Gasteiger partial charge in [-0.15, -0.1) is 0 Å². The molecule has 1 fully saturated rings. The van der Waals surface area contributed by atoms with Gasteiger partial charge >= 0.3 is 11.9 Å². The fourth-order valence-corrected chi connectivity index (χ4v) is 3.22. The highest BCUT2D eigenvalue weighted by Crippen LogP contribution is 2.31. The van der Waals surface area contributed by atoms with Gasteiger partial charge in [0.25, 0.3) is 5.56 Å². The maximum Gasteiger partial charge on any atom is 0.416 e. The molecule has 2 aromatic heterocycles. The molecule has 3 heterocycles. The Morgan fingerprint density at radius 2 is 1.68 bits per heavy atom.